The van der Waals surface area contributed by atoms with Gasteiger partial charge in [-0.2, -0.15) is 0 Å². The van der Waals surface area contributed by atoms with Crippen LogP contribution in [0, 0.1) is 13.8 Å². The van der Waals surface area contributed by atoms with Gasteiger partial charge in [0.15, 0.2) is 0 Å². The molecule has 0 aliphatic heterocycles. The number of aryl methyl sites for hydroxylation is 1. The number of benzene rings is 4. The molecular formula is C31H28N2O2S. The molecule has 36 heavy (non-hydrogen) atoms. The highest BCUT2D eigenvalue weighted by molar-refractivity contribution is 8.00. The fraction of sp³-hybridized carbons (Fsp3) is 0.0968. The van der Waals surface area contributed by atoms with Crippen molar-refractivity contribution >= 4 is 41.0 Å². The first-order chi connectivity index (χ1) is 17.5. The molecule has 4 aromatic rings. The number of carbonyl (C=O) groups is 2. The van der Waals surface area contributed by atoms with Crippen LogP contribution in [0.4, 0.5) is 11.4 Å². The molecule has 0 heterocycles. The van der Waals surface area contributed by atoms with Gasteiger partial charge in [0.2, 0.25) is 11.8 Å². The van der Waals surface area contributed by atoms with E-state index in [0.717, 1.165) is 32.8 Å². The van der Waals surface area contributed by atoms with Gasteiger partial charge in [-0.25, -0.2) is 0 Å². The van der Waals surface area contributed by atoms with Gasteiger partial charge >= 0.3 is 0 Å². The van der Waals surface area contributed by atoms with E-state index in [2.05, 4.69) is 10.6 Å². The van der Waals surface area contributed by atoms with Gasteiger partial charge < -0.3 is 10.6 Å². The molecular weight excluding hydrogens is 464 g/mol. The molecule has 2 amide bonds. The van der Waals surface area contributed by atoms with Crippen molar-refractivity contribution in [2.75, 3.05) is 10.6 Å². The molecule has 0 fully saturated rings. The zero-order chi connectivity index (χ0) is 25.3. The number of nitrogens with one attached hydrogen (secondary N) is 2. The van der Waals surface area contributed by atoms with Crippen molar-refractivity contribution in [2.24, 2.45) is 0 Å². The zero-order valence-corrected chi connectivity index (χ0v) is 21.1. The maximum absolute atomic E-state index is 13.4. The molecule has 4 nitrogen and oxygen atoms in total. The molecule has 0 spiro atoms. The van der Waals surface area contributed by atoms with Crippen LogP contribution in [0.5, 0.6) is 0 Å². The van der Waals surface area contributed by atoms with Crippen molar-refractivity contribution in [1.29, 1.82) is 0 Å². The third kappa shape index (κ3) is 6.74. The highest BCUT2D eigenvalue weighted by Gasteiger charge is 2.23. The van der Waals surface area contributed by atoms with E-state index in [9.17, 15) is 9.59 Å². The summed E-state index contributed by atoms with van der Waals surface area (Å²) in [5.74, 6) is -0.280. The van der Waals surface area contributed by atoms with Gasteiger partial charge in [0.05, 0.1) is 0 Å². The first-order valence-corrected chi connectivity index (χ1v) is 12.6. The number of rotatable bonds is 8. The highest BCUT2D eigenvalue weighted by Crippen LogP contribution is 2.37. The van der Waals surface area contributed by atoms with E-state index in [-0.39, 0.29) is 11.8 Å². The standard InChI is InChI=1S/C31H28N2O2S/c1-22-10-9-15-28(23(22)2)33-31(35)30(25-13-7-4-8-14-25)36-27-19-17-26(18-20-27)32-29(34)21-16-24-11-5-3-6-12-24/h3-21,30H,1-2H3,(H,32,34)(H,33,35)/b21-16+. The van der Waals surface area contributed by atoms with Crippen LogP contribution >= 0.6 is 11.8 Å². The summed E-state index contributed by atoms with van der Waals surface area (Å²) in [7, 11) is 0. The number of hydrogen-bond acceptors (Lipinski definition) is 3. The summed E-state index contributed by atoms with van der Waals surface area (Å²) in [5.41, 5.74) is 5.59. The van der Waals surface area contributed by atoms with Crippen LogP contribution in [0.1, 0.15) is 27.5 Å². The van der Waals surface area contributed by atoms with Crippen LogP contribution in [0.2, 0.25) is 0 Å². The van der Waals surface area contributed by atoms with Crippen LogP contribution < -0.4 is 10.6 Å². The predicted octanol–water partition coefficient (Wildman–Crippen LogP) is 7.43. The monoisotopic (exact) mass is 492 g/mol. The first-order valence-electron chi connectivity index (χ1n) is 11.7. The van der Waals surface area contributed by atoms with Gasteiger partial charge in [0, 0.05) is 22.3 Å². The average Bonchev–Trinajstić information content (AvgIpc) is 2.90. The topological polar surface area (TPSA) is 58.2 Å². The Morgan fingerprint density at radius 3 is 2.11 bits per heavy atom. The number of amides is 2. The summed E-state index contributed by atoms with van der Waals surface area (Å²) < 4.78 is 0. The normalized spacial score (nSPS) is 11.7. The molecule has 4 aromatic carbocycles. The smallest absolute Gasteiger partial charge is 0.248 e. The van der Waals surface area contributed by atoms with E-state index in [4.69, 9.17) is 0 Å². The van der Waals surface area contributed by atoms with Crippen molar-refractivity contribution in [3.05, 3.63) is 131 Å². The second kappa shape index (κ2) is 12.0. The van der Waals surface area contributed by atoms with Crippen LogP contribution in [0.3, 0.4) is 0 Å². The van der Waals surface area contributed by atoms with Gasteiger partial charge in [-0.15, -0.1) is 11.8 Å². The summed E-state index contributed by atoms with van der Waals surface area (Å²) in [6.07, 6.45) is 3.29. The maximum atomic E-state index is 13.4. The first kappa shape index (κ1) is 25.0. The summed E-state index contributed by atoms with van der Waals surface area (Å²) in [6.45, 7) is 4.05. The third-order valence-electron chi connectivity index (χ3n) is 5.81. The van der Waals surface area contributed by atoms with Crippen molar-refractivity contribution in [3.8, 4) is 0 Å². The number of hydrogen-bond donors (Lipinski definition) is 2. The van der Waals surface area contributed by atoms with E-state index >= 15 is 0 Å². The van der Waals surface area contributed by atoms with Gasteiger partial charge in [0.1, 0.15) is 5.25 Å². The molecule has 0 bridgehead atoms. The lowest BCUT2D eigenvalue weighted by Crippen LogP contribution is -2.19. The summed E-state index contributed by atoms with van der Waals surface area (Å²) in [6, 6.07) is 32.9. The van der Waals surface area contributed by atoms with Gasteiger partial charge in [-0.3, -0.25) is 9.59 Å². The highest BCUT2D eigenvalue weighted by atomic mass is 32.2. The Morgan fingerprint density at radius 2 is 1.42 bits per heavy atom. The lowest BCUT2D eigenvalue weighted by atomic mass is 10.1. The van der Waals surface area contributed by atoms with E-state index < -0.39 is 5.25 Å². The van der Waals surface area contributed by atoms with E-state index in [0.29, 0.717) is 5.69 Å². The minimum atomic E-state index is -0.430. The van der Waals surface area contributed by atoms with Gasteiger partial charge in [-0.05, 0) is 72.5 Å². The van der Waals surface area contributed by atoms with Crippen LogP contribution in [0.25, 0.3) is 6.08 Å². The lowest BCUT2D eigenvalue weighted by molar-refractivity contribution is -0.116. The molecule has 180 valence electrons. The molecule has 1 unspecified atom stereocenters. The molecule has 5 heteroatoms. The van der Waals surface area contributed by atoms with E-state index in [1.165, 1.54) is 17.8 Å². The SMILES string of the molecule is Cc1cccc(NC(=O)C(Sc2ccc(NC(=O)/C=C/c3ccccc3)cc2)c2ccccc2)c1C. The molecule has 0 aliphatic carbocycles. The van der Waals surface area contributed by atoms with Gasteiger partial charge in [0.25, 0.3) is 0 Å². The van der Waals surface area contributed by atoms with Crippen molar-refractivity contribution in [2.45, 2.75) is 24.0 Å². The molecule has 1 atom stereocenters. The Kier molecular flexibility index (Phi) is 8.37. The molecule has 0 aliphatic rings. The fourth-order valence-electron chi connectivity index (χ4n) is 3.66. The summed E-state index contributed by atoms with van der Waals surface area (Å²) in [5, 5.41) is 5.56. The van der Waals surface area contributed by atoms with Crippen LogP contribution in [0.15, 0.2) is 114 Å². The third-order valence-corrected chi connectivity index (χ3v) is 7.07. The molecule has 0 saturated heterocycles. The van der Waals surface area contributed by atoms with Crippen LogP contribution in [-0.2, 0) is 9.59 Å². The summed E-state index contributed by atoms with van der Waals surface area (Å²) in [4.78, 5) is 26.6. The van der Waals surface area contributed by atoms with Crippen molar-refractivity contribution in [3.63, 3.8) is 0 Å². The van der Waals surface area contributed by atoms with Crippen molar-refractivity contribution < 1.29 is 9.59 Å². The Hall–Kier alpha value is -4.09. The molecule has 0 saturated carbocycles. The molecule has 4 rings (SSSR count). The Morgan fingerprint density at radius 1 is 0.750 bits per heavy atom. The van der Waals surface area contributed by atoms with Crippen molar-refractivity contribution in [1.82, 2.24) is 0 Å². The van der Waals surface area contributed by atoms with Crippen LogP contribution in [-0.4, -0.2) is 11.8 Å². The second-order valence-corrected chi connectivity index (χ2v) is 9.58. The molecule has 2 N–H and O–H groups in total. The minimum Gasteiger partial charge on any atom is -0.325 e. The predicted molar refractivity (Wildman–Crippen MR) is 150 cm³/mol. The fourth-order valence-corrected chi connectivity index (χ4v) is 4.68. The minimum absolute atomic E-state index is 0.0803. The molecule has 0 radical (unpaired) electrons. The average molecular weight is 493 g/mol. The van der Waals surface area contributed by atoms with E-state index in [1.54, 1.807) is 6.08 Å². The summed E-state index contributed by atoms with van der Waals surface area (Å²) >= 11 is 1.48. The quantitative estimate of drug-likeness (QED) is 0.199. The largest absolute Gasteiger partial charge is 0.325 e. The molecule has 0 aromatic heterocycles. The van der Waals surface area contributed by atoms with Gasteiger partial charge in [-0.1, -0.05) is 72.8 Å². The Balaban J connectivity index is 1.46. The zero-order valence-electron chi connectivity index (χ0n) is 20.3. The second-order valence-electron chi connectivity index (χ2n) is 8.40. The maximum Gasteiger partial charge on any atom is 0.248 e. The number of carbonyl (C=O) groups excluding carboxylic acids is 2. The number of anilines is 2. The number of thioether (sulfide) groups is 1. The van der Waals surface area contributed by atoms with E-state index in [1.807, 2.05) is 117 Å². The Labute approximate surface area is 216 Å². The Bertz CT molecular complexity index is 1350. The lowest BCUT2D eigenvalue weighted by Gasteiger charge is -2.18.